The number of rotatable bonds is 8. The highest BCUT2D eigenvalue weighted by molar-refractivity contribution is 5.67. The normalized spacial score (nSPS) is 48.7. The molecule has 0 saturated carbocycles. The van der Waals surface area contributed by atoms with E-state index in [0.29, 0.717) is 84.6 Å². The van der Waals surface area contributed by atoms with Gasteiger partial charge >= 0.3 is 11.9 Å². The average Bonchev–Trinajstić information content (AvgIpc) is 3.59. The molecule has 0 spiro atoms. The van der Waals surface area contributed by atoms with Gasteiger partial charge in [0.2, 0.25) is 0 Å². The molecule has 16 unspecified atom stereocenters. The summed E-state index contributed by atoms with van der Waals surface area (Å²) in [5, 5.41) is 35.3. The van der Waals surface area contributed by atoms with Crippen molar-refractivity contribution < 1.29 is 19.8 Å². The molecule has 42 heavy (non-hydrogen) atoms. The molecule has 0 amide bonds. The lowest BCUT2D eigenvalue weighted by molar-refractivity contribution is -0.138. The second-order valence-corrected chi connectivity index (χ2v) is 14.7. The maximum absolute atomic E-state index is 11.6. The molecule has 5 aliphatic heterocycles. The Morgan fingerprint density at radius 2 is 0.881 bits per heavy atom. The van der Waals surface area contributed by atoms with Crippen molar-refractivity contribution in [2.24, 2.45) is 47.3 Å². The summed E-state index contributed by atoms with van der Waals surface area (Å²) in [6.07, 6.45) is 10.0. The number of aliphatic carboxylic acids is 2. The highest BCUT2D eigenvalue weighted by Crippen LogP contribution is 2.44. The van der Waals surface area contributed by atoms with Crippen LogP contribution in [0.5, 0.6) is 0 Å². The van der Waals surface area contributed by atoms with E-state index in [1.165, 1.54) is 0 Å². The zero-order valence-electron chi connectivity index (χ0n) is 26.2. The molecule has 0 aromatic heterocycles. The number of nitrogens with one attached hydrogen (secondary N) is 4. The molecule has 6 N–H and O–H groups in total. The molecule has 5 aliphatic rings. The molecule has 0 aliphatic carbocycles. The first-order chi connectivity index (χ1) is 20.0. The fourth-order valence-corrected chi connectivity index (χ4v) is 10.2. The largest absolute Gasteiger partial charge is 0.481 e. The molecule has 5 heterocycles. The van der Waals surface area contributed by atoms with Crippen molar-refractivity contribution in [1.82, 2.24) is 21.3 Å². The Hall–Kier alpha value is -1.74. The van der Waals surface area contributed by atoms with Crippen LogP contribution in [-0.4, -0.2) is 70.5 Å². The van der Waals surface area contributed by atoms with E-state index in [1.807, 2.05) is 0 Å². The average molecular weight is 585 g/mol. The van der Waals surface area contributed by atoms with Crippen LogP contribution in [0, 0.1) is 47.3 Å². The summed E-state index contributed by atoms with van der Waals surface area (Å²) in [4.78, 5) is 23.3. The summed E-state index contributed by atoms with van der Waals surface area (Å²) < 4.78 is 0. The lowest BCUT2D eigenvalue weighted by Crippen LogP contribution is -2.45. The molecule has 236 valence electrons. The second-order valence-electron chi connectivity index (χ2n) is 14.7. The van der Waals surface area contributed by atoms with Crippen molar-refractivity contribution >= 4 is 11.9 Å². The predicted molar refractivity (Wildman–Crippen MR) is 166 cm³/mol. The van der Waals surface area contributed by atoms with Crippen LogP contribution in [0.15, 0.2) is 25.3 Å². The van der Waals surface area contributed by atoms with Gasteiger partial charge in [-0.25, -0.2) is 0 Å². The number of hydrogen-bond acceptors (Lipinski definition) is 6. The van der Waals surface area contributed by atoms with Gasteiger partial charge in [-0.1, -0.05) is 39.8 Å². The van der Waals surface area contributed by atoms with Gasteiger partial charge in [-0.15, -0.1) is 13.2 Å². The molecule has 0 aromatic rings. The Kier molecular flexibility index (Phi) is 9.87. The summed E-state index contributed by atoms with van der Waals surface area (Å²) in [6.45, 7) is 17.9. The van der Waals surface area contributed by atoms with E-state index in [-0.39, 0.29) is 36.8 Å². The Balaban J connectivity index is 1.47. The van der Waals surface area contributed by atoms with Crippen molar-refractivity contribution in [3.63, 3.8) is 0 Å². The monoisotopic (exact) mass is 584 g/mol. The van der Waals surface area contributed by atoms with Crippen molar-refractivity contribution in [2.75, 3.05) is 0 Å². The molecular weight excluding hydrogens is 528 g/mol. The van der Waals surface area contributed by atoms with E-state index >= 15 is 0 Å². The van der Waals surface area contributed by atoms with Gasteiger partial charge < -0.3 is 31.5 Å². The van der Waals surface area contributed by atoms with Crippen molar-refractivity contribution in [1.29, 1.82) is 0 Å². The Morgan fingerprint density at radius 3 is 1.24 bits per heavy atom. The Bertz CT molecular complexity index is 1010. The minimum Gasteiger partial charge on any atom is -0.481 e. The second kappa shape index (κ2) is 13.1. The van der Waals surface area contributed by atoms with Crippen molar-refractivity contribution in [3.05, 3.63) is 25.3 Å². The van der Waals surface area contributed by atoms with E-state index in [4.69, 9.17) is 0 Å². The summed E-state index contributed by atoms with van der Waals surface area (Å²) in [5.74, 6) is 1.63. The third-order valence-electron chi connectivity index (χ3n) is 12.7. The van der Waals surface area contributed by atoms with Crippen LogP contribution in [0.4, 0.5) is 0 Å². The summed E-state index contributed by atoms with van der Waals surface area (Å²) in [7, 11) is 0. The van der Waals surface area contributed by atoms with Gasteiger partial charge in [-0.2, -0.15) is 0 Å². The lowest BCUT2D eigenvalue weighted by Gasteiger charge is -2.28. The van der Waals surface area contributed by atoms with Crippen molar-refractivity contribution in [2.45, 2.75) is 127 Å². The van der Waals surface area contributed by atoms with E-state index in [9.17, 15) is 19.8 Å². The predicted octanol–water partition coefficient (Wildman–Crippen LogP) is 4.03. The number of carboxylic acid groups (broad SMARTS) is 2. The molecule has 5 rings (SSSR count). The number of hydrogen-bond donors (Lipinski definition) is 6. The quantitative estimate of drug-likeness (QED) is 0.237. The Morgan fingerprint density at radius 1 is 0.571 bits per heavy atom. The lowest BCUT2D eigenvalue weighted by atomic mass is 9.77. The highest BCUT2D eigenvalue weighted by Gasteiger charge is 2.50. The maximum atomic E-state index is 11.6. The zero-order chi connectivity index (χ0) is 30.3. The first kappa shape index (κ1) is 31.7. The van der Waals surface area contributed by atoms with Crippen molar-refractivity contribution in [3.8, 4) is 0 Å². The molecule has 5 saturated heterocycles. The molecule has 5 fully saturated rings. The first-order valence-corrected chi connectivity index (χ1v) is 16.7. The maximum Gasteiger partial charge on any atom is 0.303 e. The zero-order valence-corrected chi connectivity index (χ0v) is 26.2. The molecule has 8 bridgehead atoms. The minimum atomic E-state index is -0.731. The van der Waals surface area contributed by atoms with Crippen LogP contribution in [-0.2, 0) is 9.59 Å². The third-order valence-corrected chi connectivity index (χ3v) is 12.7. The fraction of sp³-hybridized carbons (Fsp3) is 0.824. The van der Waals surface area contributed by atoms with Crippen LogP contribution in [0.25, 0.3) is 0 Å². The van der Waals surface area contributed by atoms with E-state index in [1.54, 1.807) is 0 Å². The van der Waals surface area contributed by atoms with E-state index in [2.05, 4.69) is 74.3 Å². The van der Waals surface area contributed by atoms with Gasteiger partial charge in [0.05, 0.1) is 0 Å². The summed E-state index contributed by atoms with van der Waals surface area (Å²) in [6, 6.07) is 2.54. The minimum absolute atomic E-state index is 0.187. The SMILES string of the molecule is C=CC1C2CC3NC(CC4NC(CC5NC(CC(N2)C1C)C(C)C5CCC(=O)O)C(CCC(=O)O)C4C)C(C=C)C3C. The van der Waals surface area contributed by atoms with Crippen LogP contribution >= 0.6 is 0 Å². The van der Waals surface area contributed by atoms with Crippen LogP contribution < -0.4 is 21.3 Å². The standard InChI is InChI=1S/C34H56N4O4/c1-7-21-17(3)25-13-26-19(5)23(9-11-33(39)40)31(37-26)16-32-24(10-12-34(41)42)20(6)28(38-32)15-30-22(8-2)18(4)27(36-30)14-29(21)35-25/h7-8,17-32,35-38H,1-2,9-16H2,3-6H3,(H,39,40)(H,41,42). The molecule has 8 nitrogen and oxygen atoms in total. The van der Waals surface area contributed by atoms with Gasteiger partial charge in [0.15, 0.2) is 0 Å². The van der Waals surface area contributed by atoms with E-state index < -0.39 is 11.9 Å². The topological polar surface area (TPSA) is 123 Å². The molecule has 8 heteroatoms. The van der Waals surface area contributed by atoms with Gasteiger partial charge in [0.1, 0.15) is 0 Å². The molecular formula is C34H56N4O4. The molecule has 0 radical (unpaired) electrons. The van der Waals surface area contributed by atoms with Crippen LogP contribution in [0.3, 0.4) is 0 Å². The summed E-state index contributed by atoms with van der Waals surface area (Å²) >= 11 is 0. The smallest absolute Gasteiger partial charge is 0.303 e. The number of carboxylic acids is 2. The van der Waals surface area contributed by atoms with E-state index in [0.717, 1.165) is 25.7 Å². The van der Waals surface area contributed by atoms with Crippen LogP contribution in [0.2, 0.25) is 0 Å². The Labute approximate surface area is 252 Å². The summed E-state index contributed by atoms with van der Waals surface area (Å²) in [5.41, 5.74) is 0. The van der Waals surface area contributed by atoms with Gasteiger partial charge in [-0.05, 0) is 85.9 Å². The molecule has 0 aromatic carbocycles. The number of fused-ring (bicyclic) bond motifs is 8. The molecule has 16 atom stereocenters. The van der Waals surface area contributed by atoms with Gasteiger partial charge in [-0.3, -0.25) is 9.59 Å². The van der Waals surface area contributed by atoms with Crippen LogP contribution in [0.1, 0.15) is 79.1 Å². The fourth-order valence-electron chi connectivity index (χ4n) is 10.2. The first-order valence-electron chi connectivity index (χ1n) is 16.7. The van der Waals surface area contributed by atoms with Gasteiger partial charge in [0, 0.05) is 61.2 Å². The third kappa shape index (κ3) is 6.24. The highest BCUT2D eigenvalue weighted by atomic mass is 16.4. The van der Waals surface area contributed by atoms with Gasteiger partial charge in [0.25, 0.3) is 0 Å². The number of carbonyl (C=O) groups is 2.